The van der Waals surface area contributed by atoms with Crippen LogP contribution in [0.5, 0.6) is 0 Å². The first kappa shape index (κ1) is 15.2. The fourth-order valence-electron chi connectivity index (χ4n) is 2.28. The van der Waals surface area contributed by atoms with E-state index >= 15 is 0 Å². The molecule has 0 aliphatic rings. The van der Waals surface area contributed by atoms with Gasteiger partial charge in [-0.1, -0.05) is 18.2 Å². The summed E-state index contributed by atoms with van der Waals surface area (Å²) in [6, 6.07) is 11.8. The van der Waals surface area contributed by atoms with Crippen LogP contribution in [0, 0.1) is 0 Å². The Balaban J connectivity index is 1.73. The van der Waals surface area contributed by atoms with Gasteiger partial charge >= 0.3 is 0 Å². The standard InChI is InChI=1S/C16H15N3O3S/c1-23(21,22)12-7-5-11(6-8-12)9-17-16(20)13-3-2-4-14-15(13)19-10-18-14/h2-8,10H,9H2,1H3,(H,17,20)(H,18,19). The van der Waals surface area contributed by atoms with Crippen LogP contribution in [-0.4, -0.2) is 30.5 Å². The molecule has 1 heterocycles. The number of carbonyl (C=O) groups excluding carboxylic acids is 1. The highest BCUT2D eigenvalue weighted by Crippen LogP contribution is 2.15. The quantitative estimate of drug-likeness (QED) is 0.764. The van der Waals surface area contributed by atoms with Crippen LogP contribution in [0.4, 0.5) is 0 Å². The number of rotatable bonds is 4. The van der Waals surface area contributed by atoms with Crippen LogP contribution in [-0.2, 0) is 16.4 Å². The van der Waals surface area contributed by atoms with Crippen LogP contribution in [0.25, 0.3) is 11.0 Å². The van der Waals surface area contributed by atoms with Gasteiger partial charge in [-0.15, -0.1) is 0 Å². The van der Waals surface area contributed by atoms with Crippen molar-refractivity contribution < 1.29 is 13.2 Å². The van der Waals surface area contributed by atoms with Gasteiger partial charge in [-0.2, -0.15) is 0 Å². The minimum absolute atomic E-state index is 0.227. The van der Waals surface area contributed by atoms with Gasteiger partial charge in [0.1, 0.15) is 5.52 Å². The summed E-state index contributed by atoms with van der Waals surface area (Å²) in [5.74, 6) is -0.227. The Morgan fingerprint density at radius 2 is 1.91 bits per heavy atom. The van der Waals surface area contributed by atoms with Crippen LogP contribution in [0.3, 0.4) is 0 Å². The molecule has 7 heteroatoms. The second-order valence-electron chi connectivity index (χ2n) is 5.20. The van der Waals surface area contributed by atoms with Gasteiger partial charge in [-0.05, 0) is 29.8 Å². The summed E-state index contributed by atoms with van der Waals surface area (Å²) in [7, 11) is -3.21. The lowest BCUT2D eigenvalue weighted by molar-refractivity contribution is 0.0952. The Labute approximate surface area is 133 Å². The molecule has 3 rings (SSSR count). The summed E-state index contributed by atoms with van der Waals surface area (Å²) in [5, 5.41) is 2.81. The Bertz CT molecular complexity index is 960. The molecule has 0 fully saturated rings. The normalized spacial score (nSPS) is 11.5. The van der Waals surface area contributed by atoms with Crippen LogP contribution in [0.1, 0.15) is 15.9 Å². The lowest BCUT2D eigenvalue weighted by Crippen LogP contribution is -2.23. The smallest absolute Gasteiger partial charge is 0.253 e. The molecule has 23 heavy (non-hydrogen) atoms. The van der Waals surface area contributed by atoms with E-state index in [-0.39, 0.29) is 10.8 Å². The molecular weight excluding hydrogens is 314 g/mol. The second kappa shape index (κ2) is 5.85. The van der Waals surface area contributed by atoms with E-state index in [4.69, 9.17) is 0 Å². The molecular formula is C16H15N3O3S. The van der Waals surface area contributed by atoms with Crippen molar-refractivity contribution >= 4 is 26.8 Å². The number of nitrogens with one attached hydrogen (secondary N) is 2. The molecule has 0 aliphatic heterocycles. The maximum absolute atomic E-state index is 12.3. The van der Waals surface area contributed by atoms with E-state index in [2.05, 4.69) is 15.3 Å². The van der Waals surface area contributed by atoms with Gasteiger partial charge in [-0.25, -0.2) is 13.4 Å². The van der Waals surface area contributed by atoms with Crippen LogP contribution in [0.2, 0.25) is 0 Å². The number of aromatic amines is 1. The lowest BCUT2D eigenvalue weighted by Gasteiger charge is -2.07. The molecule has 2 N–H and O–H groups in total. The molecule has 0 radical (unpaired) electrons. The van der Waals surface area contributed by atoms with Gasteiger partial charge in [0.2, 0.25) is 0 Å². The molecule has 0 aliphatic carbocycles. The van der Waals surface area contributed by atoms with Crippen molar-refractivity contribution in [3.63, 3.8) is 0 Å². The van der Waals surface area contributed by atoms with Crippen molar-refractivity contribution in [2.75, 3.05) is 6.26 Å². The molecule has 0 unspecified atom stereocenters. The van der Waals surface area contributed by atoms with E-state index in [1.165, 1.54) is 12.1 Å². The van der Waals surface area contributed by atoms with E-state index in [0.717, 1.165) is 17.3 Å². The third-order valence-corrected chi connectivity index (χ3v) is 4.63. The number of amides is 1. The predicted molar refractivity (Wildman–Crippen MR) is 86.8 cm³/mol. The Morgan fingerprint density at radius 3 is 2.61 bits per heavy atom. The molecule has 0 saturated heterocycles. The zero-order chi connectivity index (χ0) is 16.4. The number of sulfone groups is 1. The number of nitrogens with zero attached hydrogens (tertiary/aromatic N) is 1. The zero-order valence-corrected chi connectivity index (χ0v) is 13.2. The van der Waals surface area contributed by atoms with E-state index < -0.39 is 9.84 Å². The highest BCUT2D eigenvalue weighted by molar-refractivity contribution is 7.90. The Hall–Kier alpha value is -2.67. The molecule has 0 atom stereocenters. The molecule has 3 aromatic rings. The van der Waals surface area contributed by atoms with Gasteiger partial charge < -0.3 is 10.3 Å². The molecule has 118 valence electrons. The van der Waals surface area contributed by atoms with Crippen molar-refractivity contribution in [3.05, 3.63) is 59.9 Å². The van der Waals surface area contributed by atoms with Gasteiger partial charge in [0.05, 0.1) is 22.3 Å². The first-order valence-electron chi connectivity index (χ1n) is 6.94. The largest absolute Gasteiger partial charge is 0.348 e. The first-order chi connectivity index (χ1) is 10.9. The van der Waals surface area contributed by atoms with Gasteiger partial charge in [0, 0.05) is 12.8 Å². The summed E-state index contributed by atoms with van der Waals surface area (Å²) < 4.78 is 22.8. The topological polar surface area (TPSA) is 91.9 Å². The Kier molecular flexibility index (Phi) is 3.87. The van der Waals surface area contributed by atoms with Crippen LogP contribution in [0.15, 0.2) is 53.7 Å². The van der Waals surface area contributed by atoms with Crippen molar-refractivity contribution in [3.8, 4) is 0 Å². The lowest BCUT2D eigenvalue weighted by atomic mass is 10.1. The Morgan fingerprint density at radius 1 is 1.17 bits per heavy atom. The van der Waals surface area contributed by atoms with Crippen molar-refractivity contribution in [2.24, 2.45) is 0 Å². The maximum atomic E-state index is 12.3. The third-order valence-electron chi connectivity index (χ3n) is 3.50. The number of hydrogen-bond donors (Lipinski definition) is 2. The summed E-state index contributed by atoms with van der Waals surface area (Å²) in [6.07, 6.45) is 2.71. The van der Waals surface area contributed by atoms with E-state index in [9.17, 15) is 13.2 Å². The number of imidazole rings is 1. The monoisotopic (exact) mass is 329 g/mol. The van der Waals surface area contributed by atoms with Crippen LogP contribution < -0.4 is 5.32 Å². The number of hydrogen-bond acceptors (Lipinski definition) is 4. The number of aromatic nitrogens is 2. The second-order valence-corrected chi connectivity index (χ2v) is 7.22. The fourth-order valence-corrected chi connectivity index (χ4v) is 2.91. The van der Waals surface area contributed by atoms with Crippen LogP contribution >= 0.6 is 0 Å². The van der Waals surface area contributed by atoms with Gasteiger partial charge in [0.15, 0.2) is 9.84 Å². The number of para-hydroxylation sites is 1. The van der Waals surface area contributed by atoms with Crippen molar-refractivity contribution in [1.82, 2.24) is 15.3 Å². The van der Waals surface area contributed by atoms with E-state index in [1.807, 2.05) is 6.07 Å². The fraction of sp³-hybridized carbons (Fsp3) is 0.125. The van der Waals surface area contributed by atoms with E-state index in [1.54, 1.807) is 30.6 Å². The van der Waals surface area contributed by atoms with E-state index in [0.29, 0.717) is 17.6 Å². The number of carbonyl (C=O) groups is 1. The van der Waals surface area contributed by atoms with Gasteiger partial charge in [0.25, 0.3) is 5.91 Å². The highest BCUT2D eigenvalue weighted by atomic mass is 32.2. The average Bonchev–Trinajstić information content (AvgIpc) is 3.00. The molecule has 1 aromatic heterocycles. The average molecular weight is 329 g/mol. The molecule has 6 nitrogen and oxygen atoms in total. The van der Waals surface area contributed by atoms with Gasteiger partial charge in [-0.3, -0.25) is 4.79 Å². The summed E-state index contributed by atoms with van der Waals surface area (Å²) in [5.41, 5.74) is 2.74. The summed E-state index contributed by atoms with van der Waals surface area (Å²) >= 11 is 0. The molecule has 0 saturated carbocycles. The molecule has 1 amide bonds. The van der Waals surface area contributed by atoms with Crippen molar-refractivity contribution in [1.29, 1.82) is 0 Å². The maximum Gasteiger partial charge on any atom is 0.253 e. The first-order valence-corrected chi connectivity index (χ1v) is 8.83. The zero-order valence-electron chi connectivity index (χ0n) is 12.4. The SMILES string of the molecule is CS(=O)(=O)c1ccc(CNC(=O)c2cccc3[nH]cnc23)cc1. The molecule has 0 bridgehead atoms. The number of fused-ring (bicyclic) bond motifs is 1. The molecule has 0 spiro atoms. The van der Waals surface area contributed by atoms with Crippen molar-refractivity contribution in [2.45, 2.75) is 11.4 Å². The predicted octanol–water partition coefficient (Wildman–Crippen LogP) is 1.90. The number of benzene rings is 2. The summed E-state index contributed by atoms with van der Waals surface area (Å²) in [6.45, 7) is 0.309. The third kappa shape index (κ3) is 3.24. The summed E-state index contributed by atoms with van der Waals surface area (Å²) in [4.78, 5) is 19.7. The minimum Gasteiger partial charge on any atom is -0.348 e. The number of H-pyrrole nitrogens is 1. The minimum atomic E-state index is -3.21. The molecule has 2 aromatic carbocycles. The highest BCUT2D eigenvalue weighted by Gasteiger charge is 2.11.